The maximum atomic E-state index is 10.9. The summed E-state index contributed by atoms with van der Waals surface area (Å²) in [5, 5.41) is 10.9. The molecule has 1 heterocycles. The molecule has 0 N–H and O–H groups in total. The molecule has 0 saturated carbocycles. The largest absolute Gasteiger partial charge is 0.494 e. The average Bonchev–Trinajstić information content (AvgIpc) is 2.70. The summed E-state index contributed by atoms with van der Waals surface area (Å²) in [6.07, 6.45) is 1.74. The summed E-state index contributed by atoms with van der Waals surface area (Å²) in [5.41, 5.74) is 1.46. The first-order valence-corrected chi connectivity index (χ1v) is 8.99. The van der Waals surface area contributed by atoms with Crippen LogP contribution in [0.3, 0.4) is 0 Å². The van der Waals surface area contributed by atoms with Gasteiger partial charge in [-0.25, -0.2) is 4.98 Å². The summed E-state index contributed by atoms with van der Waals surface area (Å²) in [5.74, 6) is 0.441. The van der Waals surface area contributed by atoms with Crippen LogP contribution in [0.1, 0.15) is 0 Å². The van der Waals surface area contributed by atoms with E-state index < -0.39 is 13.2 Å². The predicted molar refractivity (Wildman–Crippen MR) is 71.7 cm³/mol. The maximum Gasteiger partial charge on any atom is 0.275 e. The molecule has 0 fully saturated rings. The molecule has 0 aliphatic heterocycles. The molecule has 1 aromatic carbocycles. The summed E-state index contributed by atoms with van der Waals surface area (Å²) in [7, 11) is -0.171. The summed E-state index contributed by atoms with van der Waals surface area (Å²) >= 11 is 0. The van der Waals surface area contributed by atoms with Crippen molar-refractivity contribution in [1.82, 2.24) is 9.22 Å². The van der Waals surface area contributed by atoms with Gasteiger partial charge in [0.15, 0.2) is 14.0 Å². The topological polar surface area (TPSA) is 70.2 Å². The van der Waals surface area contributed by atoms with Gasteiger partial charge in [-0.2, -0.15) is 0 Å². The Labute approximate surface area is 105 Å². The lowest BCUT2D eigenvalue weighted by molar-refractivity contribution is -0.384. The Morgan fingerprint density at radius 1 is 1.39 bits per heavy atom. The van der Waals surface area contributed by atoms with E-state index in [1.54, 1.807) is 12.4 Å². The van der Waals surface area contributed by atoms with E-state index in [1.807, 2.05) is 4.23 Å². The number of nitrogens with zero attached hydrogens (tertiary/aromatic N) is 3. The molecule has 7 heteroatoms. The Morgan fingerprint density at radius 3 is 2.56 bits per heavy atom. The zero-order valence-corrected chi connectivity index (χ0v) is 11.8. The minimum Gasteiger partial charge on any atom is -0.494 e. The van der Waals surface area contributed by atoms with Crippen molar-refractivity contribution in [2.75, 3.05) is 7.11 Å². The molecule has 0 amide bonds. The molecule has 0 radical (unpaired) electrons. The van der Waals surface area contributed by atoms with Crippen LogP contribution in [0.5, 0.6) is 5.75 Å². The Kier molecular flexibility index (Phi) is 2.86. The summed E-state index contributed by atoms with van der Waals surface area (Å²) in [6, 6.07) is 2.97. The standard InChI is InChI=1S/C11H15N3O3Si/c1-17-10-6-8(14(15)16)5-9-11(10)12-7-13(9)18(2,3)4/h5-7H,1-4H3. The number of non-ortho nitro benzene ring substituents is 1. The number of imidazole rings is 1. The number of methoxy groups -OCH3 is 1. The smallest absolute Gasteiger partial charge is 0.275 e. The third kappa shape index (κ3) is 1.97. The number of nitro benzene ring substituents is 1. The van der Waals surface area contributed by atoms with Crippen LogP contribution in [0.25, 0.3) is 11.0 Å². The first kappa shape index (κ1) is 12.6. The summed E-state index contributed by atoms with van der Waals surface area (Å²) < 4.78 is 7.22. The molecule has 0 aliphatic carbocycles. The third-order valence-electron chi connectivity index (χ3n) is 2.75. The Hall–Kier alpha value is -1.89. The quantitative estimate of drug-likeness (QED) is 0.486. The molecule has 18 heavy (non-hydrogen) atoms. The SMILES string of the molecule is COc1cc([N+](=O)[O-])cc2c1ncn2[Si](C)(C)C. The van der Waals surface area contributed by atoms with Crippen molar-refractivity contribution >= 4 is 25.0 Å². The van der Waals surface area contributed by atoms with Gasteiger partial charge >= 0.3 is 0 Å². The van der Waals surface area contributed by atoms with Crippen LogP contribution >= 0.6 is 0 Å². The van der Waals surface area contributed by atoms with Gasteiger partial charge in [0.2, 0.25) is 0 Å². The lowest BCUT2D eigenvalue weighted by Crippen LogP contribution is -2.31. The zero-order chi connectivity index (χ0) is 13.5. The molecule has 0 bridgehead atoms. The molecule has 6 nitrogen and oxygen atoms in total. The van der Waals surface area contributed by atoms with E-state index in [9.17, 15) is 10.1 Å². The number of fused-ring (bicyclic) bond motifs is 1. The molecule has 0 unspecified atom stereocenters. The Morgan fingerprint density at radius 2 is 2.06 bits per heavy atom. The van der Waals surface area contributed by atoms with Crippen LogP contribution < -0.4 is 4.74 Å². The van der Waals surface area contributed by atoms with E-state index in [-0.39, 0.29) is 5.69 Å². The van der Waals surface area contributed by atoms with Gasteiger partial charge in [-0.05, 0) is 0 Å². The van der Waals surface area contributed by atoms with Gasteiger partial charge in [-0.3, -0.25) is 10.1 Å². The van der Waals surface area contributed by atoms with Gasteiger partial charge in [0.1, 0.15) is 5.52 Å². The third-order valence-corrected chi connectivity index (χ3v) is 4.56. The highest BCUT2D eigenvalue weighted by Crippen LogP contribution is 2.31. The molecule has 0 spiro atoms. The fourth-order valence-corrected chi connectivity index (χ4v) is 3.16. The molecule has 96 valence electrons. The minimum atomic E-state index is -1.66. The lowest BCUT2D eigenvalue weighted by Gasteiger charge is -2.18. The van der Waals surface area contributed by atoms with E-state index >= 15 is 0 Å². The van der Waals surface area contributed by atoms with E-state index in [1.165, 1.54) is 13.2 Å². The first-order valence-electron chi connectivity index (χ1n) is 5.54. The molecule has 2 rings (SSSR count). The number of benzene rings is 1. The molecule has 2 aromatic rings. The number of ether oxygens (including phenoxy) is 1. The van der Waals surface area contributed by atoms with E-state index in [2.05, 4.69) is 24.6 Å². The second kappa shape index (κ2) is 4.09. The normalized spacial score (nSPS) is 11.8. The van der Waals surface area contributed by atoms with Crippen molar-refractivity contribution in [3.8, 4) is 5.75 Å². The molecule has 1 aromatic heterocycles. The van der Waals surface area contributed by atoms with Crippen LogP contribution in [0, 0.1) is 10.1 Å². The van der Waals surface area contributed by atoms with Crippen molar-refractivity contribution in [1.29, 1.82) is 0 Å². The lowest BCUT2D eigenvalue weighted by atomic mass is 10.2. The van der Waals surface area contributed by atoms with E-state index in [0.717, 1.165) is 5.52 Å². The van der Waals surface area contributed by atoms with Crippen molar-refractivity contribution < 1.29 is 9.66 Å². The van der Waals surface area contributed by atoms with Crippen LogP contribution in [0.15, 0.2) is 18.5 Å². The second-order valence-electron chi connectivity index (χ2n) is 5.06. The summed E-state index contributed by atoms with van der Waals surface area (Å²) in [6.45, 7) is 6.46. The molecular formula is C11H15N3O3Si. The fourth-order valence-electron chi connectivity index (χ4n) is 1.87. The number of hydrogen-bond acceptors (Lipinski definition) is 4. The average molecular weight is 265 g/mol. The van der Waals surface area contributed by atoms with Gasteiger partial charge < -0.3 is 8.97 Å². The van der Waals surface area contributed by atoms with Crippen LogP contribution in [0.2, 0.25) is 19.6 Å². The molecule has 0 aliphatic rings. The Balaban J connectivity index is 2.80. The van der Waals surface area contributed by atoms with Crippen molar-refractivity contribution in [3.05, 3.63) is 28.6 Å². The fraction of sp³-hybridized carbons (Fsp3) is 0.364. The van der Waals surface area contributed by atoms with Gasteiger partial charge in [-0.15, -0.1) is 0 Å². The van der Waals surface area contributed by atoms with Gasteiger partial charge in [0.25, 0.3) is 5.69 Å². The van der Waals surface area contributed by atoms with Gasteiger partial charge in [0, 0.05) is 6.07 Å². The first-order chi connectivity index (χ1) is 8.34. The van der Waals surface area contributed by atoms with Crippen molar-refractivity contribution in [2.45, 2.75) is 19.6 Å². The minimum absolute atomic E-state index is 0.0272. The van der Waals surface area contributed by atoms with Crippen molar-refractivity contribution in [3.63, 3.8) is 0 Å². The van der Waals surface area contributed by atoms with E-state index in [4.69, 9.17) is 4.74 Å². The highest BCUT2D eigenvalue weighted by molar-refractivity contribution is 6.75. The van der Waals surface area contributed by atoms with Gasteiger partial charge in [0.05, 0.1) is 29.9 Å². The summed E-state index contributed by atoms with van der Waals surface area (Å²) in [4.78, 5) is 14.8. The number of nitro groups is 1. The van der Waals surface area contributed by atoms with Crippen LogP contribution in [-0.4, -0.2) is 29.5 Å². The second-order valence-corrected chi connectivity index (χ2v) is 9.88. The predicted octanol–water partition coefficient (Wildman–Crippen LogP) is 2.64. The number of aromatic nitrogens is 2. The number of hydrogen-bond donors (Lipinski definition) is 0. The maximum absolute atomic E-state index is 10.9. The van der Waals surface area contributed by atoms with Crippen molar-refractivity contribution in [2.24, 2.45) is 0 Å². The van der Waals surface area contributed by atoms with Crippen LogP contribution in [-0.2, 0) is 0 Å². The monoisotopic (exact) mass is 265 g/mol. The van der Waals surface area contributed by atoms with Gasteiger partial charge in [-0.1, -0.05) is 19.6 Å². The van der Waals surface area contributed by atoms with Crippen LogP contribution in [0.4, 0.5) is 5.69 Å². The Bertz CT molecular complexity index is 616. The highest BCUT2D eigenvalue weighted by atomic mass is 28.3. The van der Waals surface area contributed by atoms with E-state index in [0.29, 0.717) is 11.3 Å². The molecule has 0 saturated heterocycles. The molecular weight excluding hydrogens is 250 g/mol. The highest BCUT2D eigenvalue weighted by Gasteiger charge is 2.22. The number of rotatable bonds is 3. The zero-order valence-electron chi connectivity index (χ0n) is 10.8. The molecule has 0 atom stereocenters.